The molecule has 0 heterocycles. The lowest BCUT2D eigenvalue weighted by molar-refractivity contribution is 0.0319. The first kappa shape index (κ1) is 17.2. The molecule has 2 bridgehead atoms. The Morgan fingerprint density at radius 2 is 1.41 bits per heavy atom. The topological polar surface area (TPSA) is 0 Å². The summed E-state index contributed by atoms with van der Waals surface area (Å²) in [5.74, 6) is 2.84. The van der Waals surface area contributed by atoms with E-state index in [0.717, 1.165) is 17.8 Å². The molecule has 3 fully saturated rings. The summed E-state index contributed by atoms with van der Waals surface area (Å²) in [5, 5.41) is 0.623. The van der Waals surface area contributed by atoms with Crippen LogP contribution in [-0.2, 0) is 0 Å². The van der Waals surface area contributed by atoms with Crippen molar-refractivity contribution in [2.24, 2.45) is 28.6 Å². The molecule has 0 nitrogen and oxygen atoms in total. The van der Waals surface area contributed by atoms with Crippen LogP contribution in [0.2, 0.25) is 0 Å². The molecule has 22 heavy (non-hydrogen) atoms. The van der Waals surface area contributed by atoms with Crippen molar-refractivity contribution >= 4 is 12.6 Å². The fourth-order valence-electron chi connectivity index (χ4n) is 6.33. The molecular weight excluding hydrogens is 284 g/mol. The average Bonchev–Trinajstić information content (AvgIpc) is 2.81. The molecule has 0 aromatic heterocycles. The highest BCUT2D eigenvalue weighted by molar-refractivity contribution is 7.81. The Hall–Kier alpha value is 0.350. The lowest BCUT2D eigenvalue weighted by Gasteiger charge is -2.47. The first-order valence-corrected chi connectivity index (χ1v) is 10.7. The van der Waals surface area contributed by atoms with Crippen molar-refractivity contribution in [1.82, 2.24) is 0 Å². The van der Waals surface area contributed by atoms with Gasteiger partial charge in [-0.25, -0.2) is 0 Å². The highest BCUT2D eigenvalue weighted by Gasteiger charge is 2.52. The number of rotatable bonds is 0. The monoisotopic (exact) mass is 322 g/mol. The largest absolute Gasteiger partial charge is 0.175 e. The Bertz CT molecular complexity index is 378. The van der Waals surface area contributed by atoms with Gasteiger partial charge in [-0.05, 0) is 67.1 Å². The summed E-state index contributed by atoms with van der Waals surface area (Å²) >= 11 is 5.12. The zero-order valence-electron chi connectivity index (χ0n) is 15.2. The van der Waals surface area contributed by atoms with E-state index >= 15 is 0 Å². The van der Waals surface area contributed by atoms with E-state index in [2.05, 4.69) is 20.8 Å². The SMILES string of the molecule is CC1CC2CC1(C)C(S)CCCCCCC1CCCCC12C. The van der Waals surface area contributed by atoms with Crippen LogP contribution in [0.25, 0.3) is 0 Å². The molecule has 0 radical (unpaired) electrons. The summed E-state index contributed by atoms with van der Waals surface area (Å²) in [6.07, 6.45) is 17.6. The molecular formula is C21H38S. The molecule has 0 aromatic carbocycles. The van der Waals surface area contributed by atoms with Crippen molar-refractivity contribution < 1.29 is 0 Å². The second-order valence-corrected chi connectivity index (χ2v) is 10.1. The van der Waals surface area contributed by atoms with Gasteiger partial charge >= 0.3 is 0 Å². The van der Waals surface area contributed by atoms with Crippen LogP contribution in [0.1, 0.15) is 97.8 Å². The molecule has 3 aliphatic carbocycles. The zero-order valence-corrected chi connectivity index (χ0v) is 16.1. The van der Waals surface area contributed by atoms with Gasteiger partial charge in [-0.1, -0.05) is 59.3 Å². The molecule has 0 N–H and O–H groups in total. The van der Waals surface area contributed by atoms with Crippen molar-refractivity contribution in [2.45, 2.75) is 103 Å². The molecule has 6 unspecified atom stereocenters. The minimum absolute atomic E-state index is 0.484. The lowest BCUT2D eigenvalue weighted by Crippen LogP contribution is -2.38. The van der Waals surface area contributed by atoms with Crippen LogP contribution in [-0.4, -0.2) is 5.25 Å². The minimum atomic E-state index is 0.484. The maximum absolute atomic E-state index is 5.12. The minimum Gasteiger partial charge on any atom is -0.175 e. The van der Waals surface area contributed by atoms with Gasteiger partial charge in [0.05, 0.1) is 0 Å². The quantitative estimate of drug-likeness (QED) is 0.461. The van der Waals surface area contributed by atoms with Crippen molar-refractivity contribution in [3.63, 3.8) is 0 Å². The maximum atomic E-state index is 5.12. The fraction of sp³-hybridized carbons (Fsp3) is 1.00. The van der Waals surface area contributed by atoms with Crippen LogP contribution in [0.5, 0.6) is 0 Å². The van der Waals surface area contributed by atoms with Crippen molar-refractivity contribution in [3.05, 3.63) is 0 Å². The van der Waals surface area contributed by atoms with Crippen LogP contribution in [0.4, 0.5) is 0 Å². The van der Waals surface area contributed by atoms with E-state index in [1.807, 2.05) is 0 Å². The van der Waals surface area contributed by atoms with Gasteiger partial charge in [0.1, 0.15) is 0 Å². The second-order valence-electron chi connectivity index (χ2n) is 9.50. The smallest absolute Gasteiger partial charge is 0.00732 e. The predicted octanol–water partition coefficient (Wildman–Crippen LogP) is 6.89. The summed E-state index contributed by atoms with van der Waals surface area (Å²) < 4.78 is 0. The third-order valence-corrected chi connectivity index (χ3v) is 9.22. The standard InChI is InChI=1S/C21H38S/c1-16-14-18-15-21(16,3)19(22)12-7-5-4-6-10-17-11-8-9-13-20(17,18)2/h16-19,22H,4-15H2,1-3H3. The first-order valence-electron chi connectivity index (χ1n) is 10.1. The molecule has 0 aromatic rings. The van der Waals surface area contributed by atoms with Crippen molar-refractivity contribution in [1.29, 1.82) is 0 Å². The van der Waals surface area contributed by atoms with E-state index in [9.17, 15) is 0 Å². The summed E-state index contributed by atoms with van der Waals surface area (Å²) in [4.78, 5) is 0. The number of thiol groups is 1. The van der Waals surface area contributed by atoms with Gasteiger partial charge in [0, 0.05) is 5.25 Å². The van der Waals surface area contributed by atoms with Crippen LogP contribution >= 0.6 is 12.6 Å². The van der Waals surface area contributed by atoms with E-state index in [0.29, 0.717) is 16.1 Å². The Morgan fingerprint density at radius 1 is 0.773 bits per heavy atom. The van der Waals surface area contributed by atoms with Gasteiger partial charge in [0.25, 0.3) is 0 Å². The second kappa shape index (κ2) is 6.69. The molecule has 3 aliphatic rings. The third-order valence-electron chi connectivity index (χ3n) is 8.37. The van der Waals surface area contributed by atoms with Gasteiger partial charge in [-0.2, -0.15) is 12.6 Å². The van der Waals surface area contributed by atoms with Crippen molar-refractivity contribution in [3.8, 4) is 0 Å². The van der Waals surface area contributed by atoms with Crippen LogP contribution < -0.4 is 0 Å². The van der Waals surface area contributed by atoms with Gasteiger partial charge in [0.2, 0.25) is 0 Å². The normalized spacial score (nSPS) is 50.7. The Morgan fingerprint density at radius 3 is 2.14 bits per heavy atom. The van der Waals surface area contributed by atoms with E-state index in [1.165, 1.54) is 77.0 Å². The van der Waals surface area contributed by atoms with Gasteiger partial charge < -0.3 is 0 Å². The maximum Gasteiger partial charge on any atom is 0.00732 e. The zero-order chi connectivity index (χ0) is 15.8. The number of hydrogen-bond acceptors (Lipinski definition) is 1. The Balaban J connectivity index is 1.86. The molecule has 1 heteroatoms. The third kappa shape index (κ3) is 3.01. The predicted molar refractivity (Wildman–Crippen MR) is 101 cm³/mol. The molecule has 0 amide bonds. The Labute approximate surface area is 144 Å². The van der Waals surface area contributed by atoms with Gasteiger partial charge in [0.15, 0.2) is 0 Å². The molecule has 3 saturated carbocycles. The van der Waals surface area contributed by atoms with E-state index < -0.39 is 0 Å². The lowest BCUT2D eigenvalue weighted by atomic mass is 9.58. The van der Waals surface area contributed by atoms with Gasteiger partial charge in [-0.3, -0.25) is 0 Å². The van der Waals surface area contributed by atoms with Crippen LogP contribution in [0, 0.1) is 28.6 Å². The number of fused-ring (bicyclic) bond motifs is 4. The highest BCUT2D eigenvalue weighted by Crippen LogP contribution is 2.61. The molecule has 3 rings (SSSR count). The molecule has 6 atom stereocenters. The van der Waals surface area contributed by atoms with E-state index in [-0.39, 0.29) is 0 Å². The van der Waals surface area contributed by atoms with Crippen LogP contribution in [0.3, 0.4) is 0 Å². The molecule has 0 saturated heterocycles. The van der Waals surface area contributed by atoms with E-state index in [1.54, 1.807) is 0 Å². The van der Waals surface area contributed by atoms with Gasteiger partial charge in [-0.15, -0.1) is 0 Å². The summed E-state index contributed by atoms with van der Waals surface area (Å²) in [6, 6.07) is 0. The molecule has 0 spiro atoms. The summed E-state index contributed by atoms with van der Waals surface area (Å²) in [6.45, 7) is 7.78. The molecule has 128 valence electrons. The Kier molecular flexibility index (Phi) is 5.23. The van der Waals surface area contributed by atoms with Crippen LogP contribution in [0.15, 0.2) is 0 Å². The number of hydrogen-bond donors (Lipinski definition) is 1. The highest BCUT2D eigenvalue weighted by atomic mass is 32.1. The summed E-state index contributed by atoms with van der Waals surface area (Å²) in [5.41, 5.74) is 1.12. The van der Waals surface area contributed by atoms with E-state index in [4.69, 9.17) is 12.6 Å². The average molecular weight is 323 g/mol. The first-order chi connectivity index (χ1) is 10.5. The van der Waals surface area contributed by atoms with Crippen molar-refractivity contribution in [2.75, 3.05) is 0 Å². The fourth-order valence-corrected chi connectivity index (χ4v) is 6.87. The molecule has 0 aliphatic heterocycles. The summed E-state index contributed by atoms with van der Waals surface area (Å²) in [7, 11) is 0.